The molecule has 0 spiro atoms. The number of rotatable bonds is 8. The van der Waals surface area contributed by atoms with Crippen LogP contribution < -0.4 is 20.2 Å². The monoisotopic (exact) mass is 495 g/mol. The average molecular weight is 496 g/mol. The molecule has 0 aliphatic heterocycles. The molecule has 3 rings (SSSR count). The number of nitrogens with one attached hydrogen (secondary N) is 2. The molecule has 0 aliphatic carbocycles. The highest BCUT2D eigenvalue weighted by molar-refractivity contribution is 9.10. The van der Waals surface area contributed by atoms with Crippen molar-refractivity contribution in [2.45, 2.75) is 6.92 Å². The van der Waals surface area contributed by atoms with E-state index in [2.05, 4.69) is 31.8 Å². The molecule has 164 valence electrons. The van der Waals surface area contributed by atoms with Gasteiger partial charge in [-0.05, 0) is 76.4 Å². The summed E-state index contributed by atoms with van der Waals surface area (Å²) in [5.41, 5.74) is 5.50. The molecule has 0 radical (unpaired) electrons. The van der Waals surface area contributed by atoms with Crippen molar-refractivity contribution < 1.29 is 19.1 Å². The molecule has 32 heavy (non-hydrogen) atoms. The van der Waals surface area contributed by atoms with E-state index in [1.807, 2.05) is 37.3 Å². The Morgan fingerprint density at radius 2 is 1.84 bits per heavy atom. The Morgan fingerprint density at radius 3 is 2.59 bits per heavy atom. The number of aryl methyl sites for hydroxylation is 1. The van der Waals surface area contributed by atoms with Gasteiger partial charge in [0.25, 0.3) is 5.91 Å². The van der Waals surface area contributed by atoms with Crippen molar-refractivity contribution >= 4 is 39.7 Å². The third-order valence-electron chi connectivity index (χ3n) is 4.36. The van der Waals surface area contributed by atoms with E-state index >= 15 is 0 Å². The Kier molecular flexibility index (Phi) is 7.99. The van der Waals surface area contributed by atoms with E-state index in [0.29, 0.717) is 21.3 Å². The van der Waals surface area contributed by atoms with Gasteiger partial charge in [-0.2, -0.15) is 5.10 Å². The molecule has 0 unspecified atom stereocenters. The topological polar surface area (TPSA) is 89.0 Å². The molecule has 0 fully saturated rings. The molecule has 1 amide bonds. The highest BCUT2D eigenvalue weighted by atomic mass is 79.9. The maximum Gasteiger partial charge on any atom is 0.344 e. The molecule has 0 aliphatic rings. The highest BCUT2D eigenvalue weighted by Gasteiger charge is 2.15. The van der Waals surface area contributed by atoms with Crippen LogP contribution in [0.15, 0.2) is 76.3 Å². The minimum absolute atomic E-state index is 0.0913. The van der Waals surface area contributed by atoms with Crippen LogP contribution in [0.25, 0.3) is 0 Å². The largest absolute Gasteiger partial charge is 0.493 e. The SMILES string of the molecule is COc1cc(/C=N/NC(=O)CNc2cccc(C)c2)ccc1OC(=O)c1ccccc1Br. The maximum atomic E-state index is 12.4. The van der Waals surface area contributed by atoms with E-state index in [-0.39, 0.29) is 18.2 Å². The first-order chi connectivity index (χ1) is 15.5. The normalized spacial score (nSPS) is 10.6. The number of hydrogen-bond donors (Lipinski definition) is 2. The third kappa shape index (κ3) is 6.42. The lowest BCUT2D eigenvalue weighted by molar-refractivity contribution is -0.119. The van der Waals surface area contributed by atoms with Crippen LogP contribution in [0.4, 0.5) is 5.69 Å². The van der Waals surface area contributed by atoms with Crippen molar-refractivity contribution in [3.05, 3.63) is 87.9 Å². The molecule has 3 aromatic rings. The first-order valence-corrected chi connectivity index (χ1v) is 10.5. The lowest BCUT2D eigenvalue weighted by Crippen LogP contribution is -2.25. The van der Waals surface area contributed by atoms with Gasteiger partial charge >= 0.3 is 5.97 Å². The molecule has 0 aromatic heterocycles. The van der Waals surface area contributed by atoms with Gasteiger partial charge in [0.2, 0.25) is 0 Å². The molecule has 0 saturated carbocycles. The fourth-order valence-electron chi connectivity index (χ4n) is 2.79. The summed E-state index contributed by atoms with van der Waals surface area (Å²) in [5.74, 6) is -0.155. The number of anilines is 1. The second-order valence-electron chi connectivity index (χ2n) is 6.80. The van der Waals surface area contributed by atoms with Crippen LogP contribution in [0.1, 0.15) is 21.5 Å². The minimum atomic E-state index is -0.509. The van der Waals surface area contributed by atoms with Crippen LogP contribution in [0.5, 0.6) is 11.5 Å². The number of amides is 1. The number of hydrogen-bond acceptors (Lipinski definition) is 6. The van der Waals surface area contributed by atoms with Crippen LogP contribution in [0.2, 0.25) is 0 Å². The molecular weight excluding hydrogens is 474 g/mol. The van der Waals surface area contributed by atoms with Crippen LogP contribution in [0.3, 0.4) is 0 Å². The molecule has 0 bridgehead atoms. The fourth-order valence-corrected chi connectivity index (χ4v) is 3.23. The van der Waals surface area contributed by atoms with E-state index < -0.39 is 5.97 Å². The molecule has 0 saturated heterocycles. The first-order valence-electron chi connectivity index (χ1n) is 9.73. The van der Waals surface area contributed by atoms with Crippen LogP contribution in [-0.2, 0) is 4.79 Å². The van der Waals surface area contributed by atoms with Crippen molar-refractivity contribution in [2.75, 3.05) is 19.0 Å². The van der Waals surface area contributed by atoms with Gasteiger partial charge in [-0.25, -0.2) is 10.2 Å². The number of carbonyl (C=O) groups is 2. The van der Waals surface area contributed by atoms with Gasteiger partial charge in [-0.3, -0.25) is 4.79 Å². The van der Waals surface area contributed by atoms with Crippen LogP contribution in [0, 0.1) is 6.92 Å². The summed E-state index contributed by atoms with van der Waals surface area (Å²) in [6.45, 7) is 2.07. The molecular formula is C24H22BrN3O4. The summed E-state index contributed by atoms with van der Waals surface area (Å²) in [4.78, 5) is 24.4. The standard InChI is InChI=1S/C24H22BrN3O4/c1-16-6-5-7-18(12-16)26-15-23(29)28-27-14-17-10-11-21(22(13-17)31-2)32-24(30)19-8-3-4-9-20(19)25/h3-14,26H,15H2,1-2H3,(H,28,29)/b27-14+. The second kappa shape index (κ2) is 11.1. The molecule has 2 N–H and O–H groups in total. The summed E-state index contributed by atoms with van der Waals surface area (Å²) in [6, 6.07) is 19.7. The molecule has 8 heteroatoms. The second-order valence-corrected chi connectivity index (χ2v) is 7.65. The number of benzene rings is 3. The van der Waals surface area contributed by atoms with Crippen LogP contribution in [-0.4, -0.2) is 31.7 Å². The summed E-state index contributed by atoms with van der Waals surface area (Å²) >= 11 is 3.34. The van der Waals surface area contributed by atoms with Gasteiger partial charge in [0.1, 0.15) is 0 Å². The first kappa shape index (κ1) is 23.0. The highest BCUT2D eigenvalue weighted by Crippen LogP contribution is 2.29. The number of ether oxygens (including phenoxy) is 2. The Morgan fingerprint density at radius 1 is 1.03 bits per heavy atom. The van der Waals surface area contributed by atoms with Crippen molar-refractivity contribution in [1.29, 1.82) is 0 Å². The van der Waals surface area contributed by atoms with Gasteiger partial charge < -0.3 is 14.8 Å². The van der Waals surface area contributed by atoms with Crippen LogP contribution >= 0.6 is 15.9 Å². The van der Waals surface area contributed by atoms with Crippen molar-refractivity contribution in [1.82, 2.24) is 5.43 Å². The van der Waals surface area contributed by atoms with Crippen molar-refractivity contribution in [3.63, 3.8) is 0 Å². The smallest absolute Gasteiger partial charge is 0.344 e. The van der Waals surface area contributed by atoms with Gasteiger partial charge in [0.15, 0.2) is 11.5 Å². The summed E-state index contributed by atoms with van der Waals surface area (Å²) < 4.78 is 11.4. The number of methoxy groups -OCH3 is 1. The summed E-state index contributed by atoms with van der Waals surface area (Å²) in [5, 5.41) is 7.00. The lowest BCUT2D eigenvalue weighted by atomic mass is 10.2. The zero-order valence-electron chi connectivity index (χ0n) is 17.6. The number of halogens is 1. The molecule has 3 aromatic carbocycles. The average Bonchev–Trinajstić information content (AvgIpc) is 2.79. The Bertz CT molecular complexity index is 1150. The van der Waals surface area contributed by atoms with E-state index in [1.165, 1.54) is 13.3 Å². The van der Waals surface area contributed by atoms with Gasteiger partial charge in [0.05, 0.1) is 25.4 Å². The number of hydrazone groups is 1. The van der Waals surface area contributed by atoms with Gasteiger partial charge in [-0.15, -0.1) is 0 Å². The van der Waals surface area contributed by atoms with Gasteiger partial charge in [-0.1, -0.05) is 24.3 Å². The van der Waals surface area contributed by atoms with E-state index in [1.54, 1.807) is 36.4 Å². The minimum Gasteiger partial charge on any atom is -0.493 e. The van der Waals surface area contributed by atoms with Crippen molar-refractivity contribution in [3.8, 4) is 11.5 Å². The Balaban J connectivity index is 1.58. The van der Waals surface area contributed by atoms with E-state index in [9.17, 15) is 9.59 Å². The Labute approximate surface area is 194 Å². The number of esters is 1. The van der Waals surface area contributed by atoms with Gasteiger partial charge in [0, 0.05) is 10.2 Å². The quantitative estimate of drug-likeness (QED) is 0.207. The number of carbonyl (C=O) groups excluding carboxylic acids is 2. The predicted octanol–water partition coefficient (Wildman–Crippen LogP) is 4.55. The number of nitrogens with zero attached hydrogens (tertiary/aromatic N) is 1. The fraction of sp³-hybridized carbons (Fsp3) is 0.125. The van der Waals surface area contributed by atoms with E-state index in [4.69, 9.17) is 9.47 Å². The van der Waals surface area contributed by atoms with Crippen molar-refractivity contribution in [2.24, 2.45) is 5.10 Å². The zero-order valence-corrected chi connectivity index (χ0v) is 19.2. The molecule has 0 heterocycles. The molecule has 7 nitrogen and oxygen atoms in total. The third-order valence-corrected chi connectivity index (χ3v) is 5.05. The summed E-state index contributed by atoms with van der Waals surface area (Å²) in [7, 11) is 1.48. The zero-order chi connectivity index (χ0) is 22.9. The summed E-state index contributed by atoms with van der Waals surface area (Å²) in [6.07, 6.45) is 1.48. The van der Waals surface area contributed by atoms with E-state index in [0.717, 1.165) is 11.3 Å². The predicted molar refractivity (Wildman–Crippen MR) is 127 cm³/mol. The lowest BCUT2D eigenvalue weighted by Gasteiger charge is -2.10. The molecule has 0 atom stereocenters. The maximum absolute atomic E-state index is 12.4. The Hall–Kier alpha value is -3.65.